The lowest BCUT2D eigenvalue weighted by Crippen LogP contribution is -2.36. The maximum atomic E-state index is 11.9. The zero-order valence-electron chi connectivity index (χ0n) is 10.7. The van der Waals surface area contributed by atoms with Crippen molar-refractivity contribution in [2.45, 2.75) is 0 Å². The number of anilines is 1. The van der Waals surface area contributed by atoms with Crippen molar-refractivity contribution in [1.82, 2.24) is 19.1 Å². The van der Waals surface area contributed by atoms with Crippen molar-refractivity contribution >= 4 is 23.1 Å². The maximum absolute atomic E-state index is 11.9. The summed E-state index contributed by atoms with van der Waals surface area (Å²) in [5.41, 5.74) is -0.530. The van der Waals surface area contributed by atoms with Gasteiger partial charge in [-0.2, -0.15) is 4.98 Å². The molecule has 0 fully saturated rings. The van der Waals surface area contributed by atoms with E-state index in [0.717, 1.165) is 4.57 Å². The highest BCUT2D eigenvalue weighted by molar-refractivity contribution is 5.76. The van der Waals surface area contributed by atoms with Gasteiger partial charge in [0.1, 0.15) is 6.54 Å². The summed E-state index contributed by atoms with van der Waals surface area (Å²) >= 11 is 0. The molecule has 0 radical (unpaired) electrons. The number of hydrogen-bond donors (Lipinski definition) is 2. The minimum atomic E-state index is -0.475. The van der Waals surface area contributed by atoms with E-state index < -0.39 is 17.2 Å². The van der Waals surface area contributed by atoms with Gasteiger partial charge in [0.05, 0.1) is 7.11 Å². The number of nitrogens with zero attached hydrogens (tertiary/aromatic N) is 3. The Labute approximate surface area is 106 Å². The molecule has 0 aliphatic carbocycles. The van der Waals surface area contributed by atoms with E-state index in [1.54, 1.807) is 0 Å². The van der Waals surface area contributed by atoms with E-state index in [1.165, 1.54) is 25.8 Å². The van der Waals surface area contributed by atoms with Crippen LogP contribution in [0, 0.1) is 0 Å². The van der Waals surface area contributed by atoms with Crippen LogP contribution in [0.2, 0.25) is 0 Å². The number of aryl methyl sites for hydroxylation is 1. The second-order valence-electron chi connectivity index (χ2n) is 3.92. The molecule has 0 aromatic carbocycles. The quantitative estimate of drug-likeness (QED) is 0.658. The lowest BCUT2D eigenvalue weighted by molar-refractivity contribution is -0.138. The first-order valence-electron chi connectivity index (χ1n) is 5.42. The molecular weight excluding hydrogens is 254 g/mol. The number of fused-ring (bicyclic) bond motifs is 1. The molecular formula is C10H13N5O4. The third-order valence-electron chi connectivity index (χ3n) is 2.72. The molecule has 0 bridgehead atoms. The Morgan fingerprint density at radius 3 is 2.68 bits per heavy atom. The van der Waals surface area contributed by atoms with E-state index in [4.69, 9.17) is 0 Å². The standard InChI is InChI=1S/C10H13N5O4/c1-14-7-6(8(17)15(2)10(14)18)12-9(13-7)11-4-5(16)19-3/h4H2,1-3H3,(H2,11,12,13). The highest BCUT2D eigenvalue weighted by atomic mass is 16.5. The largest absolute Gasteiger partial charge is 0.468 e. The molecule has 2 N–H and O–H groups in total. The van der Waals surface area contributed by atoms with Gasteiger partial charge in [-0.1, -0.05) is 0 Å². The molecule has 0 amide bonds. The van der Waals surface area contributed by atoms with Gasteiger partial charge in [0.15, 0.2) is 11.2 Å². The smallest absolute Gasteiger partial charge is 0.332 e. The molecule has 0 saturated carbocycles. The molecule has 2 heterocycles. The van der Waals surface area contributed by atoms with E-state index in [-0.39, 0.29) is 23.7 Å². The van der Waals surface area contributed by atoms with Crippen molar-refractivity contribution in [3.05, 3.63) is 20.8 Å². The second-order valence-corrected chi connectivity index (χ2v) is 3.92. The number of rotatable bonds is 3. The number of H-pyrrole nitrogens is 1. The Morgan fingerprint density at radius 1 is 1.37 bits per heavy atom. The lowest BCUT2D eigenvalue weighted by atomic mass is 10.5. The van der Waals surface area contributed by atoms with Crippen molar-refractivity contribution in [3.63, 3.8) is 0 Å². The highest BCUT2D eigenvalue weighted by Crippen LogP contribution is 2.07. The van der Waals surface area contributed by atoms with Crippen LogP contribution in [-0.4, -0.2) is 38.7 Å². The first-order chi connectivity index (χ1) is 8.95. The van der Waals surface area contributed by atoms with Crippen LogP contribution < -0.4 is 16.6 Å². The molecule has 2 aromatic rings. The second kappa shape index (κ2) is 4.59. The van der Waals surface area contributed by atoms with Crippen LogP contribution in [0.1, 0.15) is 0 Å². The van der Waals surface area contributed by atoms with Gasteiger partial charge in [0.2, 0.25) is 5.95 Å². The number of hydrogen-bond acceptors (Lipinski definition) is 6. The molecule has 0 aliphatic rings. The van der Waals surface area contributed by atoms with Crippen molar-refractivity contribution in [1.29, 1.82) is 0 Å². The molecule has 19 heavy (non-hydrogen) atoms. The molecule has 0 saturated heterocycles. The summed E-state index contributed by atoms with van der Waals surface area (Å²) in [6, 6.07) is 0. The van der Waals surface area contributed by atoms with E-state index in [1.807, 2.05) is 0 Å². The Hall–Kier alpha value is -2.58. The fourth-order valence-corrected chi connectivity index (χ4v) is 1.64. The topological polar surface area (TPSA) is 111 Å². The van der Waals surface area contributed by atoms with Crippen LogP contribution in [0.5, 0.6) is 0 Å². The number of ether oxygens (including phenoxy) is 1. The third kappa shape index (κ3) is 2.09. The van der Waals surface area contributed by atoms with Gasteiger partial charge in [-0.15, -0.1) is 0 Å². The van der Waals surface area contributed by atoms with Crippen molar-refractivity contribution in [3.8, 4) is 0 Å². The molecule has 0 aliphatic heterocycles. The Kier molecular flexibility index (Phi) is 3.11. The van der Waals surface area contributed by atoms with Gasteiger partial charge >= 0.3 is 11.7 Å². The molecule has 9 heteroatoms. The molecule has 0 unspecified atom stereocenters. The average molecular weight is 267 g/mol. The SMILES string of the molecule is COC(=O)CNc1nc2c([nH]1)c(=O)n(C)c(=O)n2C. The van der Waals surface area contributed by atoms with E-state index in [9.17, 15) is 14.4 Å². The van der Waals surface area contributed by atoms with Crippen molar-refractivity contribution in [2.75, 3.05) is 19.0 Å². The van der Waals surface area contributed by atoms with Gasteiger partial charge in [0.25, 0.3) is 5.56 Å². The molecule has 0 spiro atoms. The fraction of sp³-hybridized carbons (Fsp3) is 0.400. The van der Waals surface area contributed by atoms with Gasteiger partial charge in [0, 0.05) is 14.1 Å². The van der Waals surface area contributed by atoms with Crippen molar-refractivity contribution < 1.29 is 9.53 Å². The van der Waals surface area contributed by atoms with Crippen LogP contribution in [0.25, 0.3) is 11.2 Å². The Balaban J connectivity index is 2.49. The number of methoxy groups -OCH3 is 1. The predicted octanol–water partition coefficient (Wildman–Crippen LogP) is -1.45. The number of carbonyl (C=O) groups excluding carboxylic acids is 1. The third-order valence-corrected chi connectivity index (χ3v) is 2.72. The van der Waals surface area contributed by atoms with Crippen LogP contribution in [0.15, 0.2) is 9.59 Å². The minimum absolute atomic E-state index is 0.0927. The number of aromatic nitrogens is 4. The zero-order chi connectivity index (χ0) is 14.2. The van der Waals surface area contributed by atoms with Crippen LogP contribution in [-0.2, 0) is 23.6 Å². The zero-order valence-corrected chi connectivity index (χ0v) is 10.7. The first-order valence-corrected chi connectivity index (χ1v) is 5.42. The highest BCUT2D eigenvalue weighted by Gasteiger charge is 2.13. The summed E-state index contributed by atoms with van der Waals surface area (Å²) in [4.78, 5) is 41.4. The molecule has 0 atom stereocenters. The molecule has 9 nitrogen and oxygen atoms in total. The van der Waals surface area contributed by atoms with Crippen LogP contribution in [0.4, 0.5) is 5.95 Å². The molecule has 102 valence electrons. The summed E-state index contributed by atoms with van der Waals surface area (Å²) in [5, 5.41) is 2.67. The fourth-order valence-electron chi connectivity index (χ4n) is 1.64. The Bertz CT molecular complexity index is 754. The first kappa shape index (κ1) is 12.9. The summed E-state index contributed by atoms with van der Waals surface area (Å²) in [6.07, 6.45) is 0. The van der Waals surface area contributed by atoms with Gasteiger partial charge < -0.3 is 15.0 Å². The summed E-state index contributed by atoms with van der Waals surface area (Å²) in [5.74, 6) is -0.249. The maximum Gasteiger partial charge on any atom is 0.332 e. The molecule has 2 rings (SSSR count). The van der Waals surface area contributed by atoms with E-state index in [0.29, 0.717) is 0 Å². The number of aromatic amines is 1. The lowest BCUT2D eigenvalue weighted by Gasteiger charge is -2.00. The van der Waals surface area contributed by atoms with Gasteiger partial charge in [-0.05, 0) is 0 Å². The number of nitrogens with one attached hydrogen (secondary N) is 2. The van der Waals surface area contributed by atoms with Crippen LogP contribution >= 0.6 is 0 Å². The Morgan fingerprint density at radius 2 is 2.05 bits per heavy atom. The normalized spacial score (nSPS) is 10.7. The minimum Gasteiger partial charge on any atom is -0.468 e. The number of imidazole rings is 1. The summed E-state index contributed by atoms with van der Waals surface area (Å²) in [7, 11) is 4.16. The average Bonchev–Trinajstić information content (AvgIpc) is 2.84. The molecule has 2 aromatic heterocycles. The van der Waals surface area contributed by atoms with E-state index in [2.05, 4.69) is 20.0 Å². The van der Waals surface area contributed by atoms with Crippen LogP contribution in [0.3, 0.4) is 0 Å². The van der Waals surface area contributed by atoms with E-state index >= 15 is 0 Å². The van der Waals surface area contributed by atoms with Gasteiger partial charge in [-0.3, -0.25) is 18.7 Å². The monoisotopic (exact) mass is 267 g/mol. The van der Waals surface area contributed by atoms with Gasteiger partial charge in [-0.25, -0.2) is 4.79 Å². The van der Waals surface area contributed by atoms with Crippen molar-refractivity contribution in [2.24, 2.45) is 14.1 Å². The number of esters is 1. The summed E-state index contributed by atoms with van der Waals surface area (Å²) in [6.45, 7) is -0.0927. The predicted molar refractivity (Wildman–Crippen MR) is 67.1 cm³/mol. The summed E-state index contributed by atoms with van der Waals surface area (Å²) < 4.78 is 6.69. The number of carbonyl (C=O) groups is 1.